The lowest BCUT2D eigenvalue weighted by Gasteiger charge is -2.41. The summed E-state index contributed by atoms with van der Waals surface area (Å²) in [7, 11) is 4.39. The van der Waals surface area contributed by atoms with Gasteiger partial charge in [0.15, 0.2) is 0 Å². The molecule has 0 bridgehead atoms. The van der Waals surface area contributed by atoms with E-state index < -0.39 is 0 Å². The van der Waals surface area contributed by atoms with Crippen LogP contribution < -0.4 is 5.32 Å². The summed E-state index contributed by atoms with van der Waals surface area (Å²) in [6, 6.07) is 4.91. The second-order valence-corrected chi connectivity index (χ2v) is 6.98. The van der Waals surface area contributed by atoms with Gasteiger partial charge in [-0.2, -0.15) is 0 Å². The maximum Gasteiger partial charge on any atom is 0.0270 e. The van der Waals surface area contributed by atoms with Crippen molar-refractivity contribution in [3.05, 3.63) is 30.1 Å². The molecule has 21 heavy (non-hydrogen) atoms. The van der Waals surface area contributed by atoms with Gasteiger partial charge in [0, 0.05) is 31.5 Å². The van der Waals surface area contributed by atoms with Crippen LogP contribution in [0.4, 0.5) is 0 Å². The Balaban J connectivity index is 1.84. The van der Waals surface area contributed by atoms with Crippen molar-refractivity contribution in [3.8, 4) is 0 Å². The topological polar surface area (TPSA) is 28.2 Å². The van der Waals surface area contributed by atoms with E-state index in [2.05, 4.69) is 55.3 Å². The molecule has 1 N–H and O–H groups in total. The van der Waals surface area contributed by atoms with Crippen LogP contribution in [0.2, 0.25) is 0 Å². The zero-order valence-electron chi connectivity index (χ0n) is 14.0. The van der Waals surface area contributed by atoms with Crippen molar-refractivity contribution in [2.24, 2.45) is 17.8 Å². The fourth-order valence-electron chi connectivity index (χ4n) is 3.87. The number of nitrogens with one attached hydrogen (secondary N) is 1. The van der Waals surface area contributed by atoms with Crippen LogP contribution >= 0.6 is 0 Å². The first-order valence-corrected chi connectivity index (χ1v) is 8.34. The molecular weight excluding hydrogens is 258 g/mol. The molecule has 1 fully saturated rings. The zero-order chi connectivity index (χ0) is 15.2. The van der Waals surface area contributed by atoms with Gasteiger partial charge < -0.3 is 10.2 Å². The molecule has 1 aromatic rings. The highest BCUT2D eigenvalue weighted by Gasteiger charge is 2.33. The van der Waals surface area contributed by atoms with E-state index in [9.17, 15) is 0 Å². The molecule has 1 heterocycles. The molecule has 0 spiro atoms. The highest BCUT2D eigenvalue weighted by Crippen LogP contribution is 2.34. The molecule has 4 atom stereocenters. The van der Waals surface area contributed by atoms with Crippen molar-refractivity contribution in [1.82, 2.24) is 15.2 Å². The predicted molar refractivity (Wildman–Crippen MR) is 89.3 cm³/mol. The van der Waals surface area contributed by atoms with E-state index in [4.69, 9.17) is 0 Å². The number of likely N-dealkylation sites (N-methyl/N-ethyl adjacent to an activating group) is 1. The van der Waals surface area contributed by atoms with E-state index in [0.717, 1.165) is 30.7 Å². The molecule has 2 rings (SSSR count). The Morgan fingerprint density at radius 3 is 2.62 bits per heavy atom. The van der Waals surface area contributed by atoms with E-state index in [-0.39, 0.29) is 0 Å². The molecule has 3 nitrogen and oxygen atoms in total. The molecule has 1 saturated carbocycles. The number of nitrogens with zero attached hydrogens (tertiary/aromatic N) is 2. The lowest BCUT2D eigenvalue weighted by atomic mass is 9.72. The molecule has 0 radical (unpaired) electrons. The fourth-order valence-corrected chi connectivity index (χ4v) is 3.87. The minimum Gasteiger partial charge on any atom is -0.317 e. The van der Waals surface area contributed by atoms with Gasteiger partial charge in [-0.15, -0.1) is 0 Å². The van der Waals surface area contributed by atoms with Crippen LogP contribution in [-0.2, 0) is 6.42 Å². The van der Waals surface area contributed by atoms with Gasteiger partial charge in [0.1, 0.15) is 0 Å². The number of pyridine rings is 1. The van der Waals surface area contributed by atoms with Crippen molar-refractivity contribution in [3.63, 3.8) is 0 Å². The van der Waals surface area contributed by atoms with Crippen LogP contribution in [0.15, 0.2) is 24.5 Å². The van der Waals surface area contributed by atoms with E-state index in [1.54, 1.807) is 0 Å². The molecule has 4 unspecified atom stereocenters. The minimum atomic E-state index is 0.673. The summed E-state index contributed by atoms with van der Waals surface area (Å²) in [6.45, 7) is 7.15. The van der Waals surface area contributed by atoms with Crippen LogP contribution in [0.3, 0.4) is 0 Å². The fraction of sp³-hybridized carbons (Fsp3) is 0.722. The van der Waals surface area contributed by atoms with Gasteiger partial charge in [-0.3, -0.25) is 4.98 Å². The van der Waals surface area contributed by atoms with Gasteiger partial charge in [-0.05, 0) is 68.8 Å². The standard InChI is InChI=1S/C18H31N3/c1-14-11-15(2)17(18(12-14)19-3)13-21(4)10-7-16-5-8-20-9-6-16/h5-6,8-9,14-15,17-19H,7,10-13H2,1-4H3. The Morgan fingerprint density at radius 2 is 1.95 bits per heavy atom. The van der Waals surface area contributed by atoms with Crippen LogP contribution in [0.5, 0.6) is 0 Å². The molecule has 0 saturated heterocycles. The minimum absolute atomic E-state index is 0.673. The predicted octanol–water partition coefficient (Wildman–Crippen LogP) is 2.83. The molecule has 118 valence electrons. The molecule has 0 amide bonds. The Kier molecular flexibility index (Phi) is 6.19. The van der Waals surface area contributed by atoms with Crippen molar-refractivity contribution in [1.29, 1.82) is 0 Å². The van der Waals surface area contributed by atoms with Crippen molar-refractivity contribution >= 4 is 0 Å². The summed E-state index contributed by atoms with van der Waals surface area (Å²) in [4.78, 5) is 6.58. The Hall–Kier alpha value is -0.930. The van der Waals surface area contributed by atoms with E-state index in [0.29, 0.717) is 6.04 Å². The third kappa shape index (κ3) is 4.79. The highest BCUT2D eigenvalue weighted by molar-refractivity contribution is 5.09. The van der Waals surface area contributed by atoms with Crippen molar-refractivity contribution < 1.29 is 0 Å². The molecule has 1 aliphatic rings. The van der Waals surface area contributed by atoms with Gasteiger partial charge in [-0.1, -0.05) is 13.8 Å². The lowest BCUT2D eigenvalue weighted by Crippen LogP contribution is -2.47. The van der Waals surface area contributed by atoms with Gasteiger partial charge in [0.25, 0.3) is 0 Å². The van der Waals surface area contributed by atoms with E-state index in [1.165, 1.54) is 24.9 Å². The van der Waals surface area contributed by atoms with Gasteiger partial charge in [-0.25, -0.2) is 0 Å². The second-order valence-electron chi connectivity index (χ2n) is 6.98. The largest absolute Gasteiger partial charge is 0.317 e. The van der Waals surface area contributed by atoms with Crippen LogP contribution in [-0.4, -0.2) is 43.1 Å². The number of rotatable bonds is 6. The average molecular weight is 289 g/mol. The Labute approximate surface area is 130 Å². The average Bonchev–Trinajstić information content (AvgIpc) is 2.48. The Bertz CT molecular complexity index is 406. The van der Waals surface area contributed by atoms with Gasteiger partial charge in [0.2, 0.25) is 0 Å². The smallest absolute Gasteiger partial charge is 0.0270 e. The van der Waals surface area contributed by atoms with Crippen LogP contribution in [0, 0.1) is 17.8 Å². The number of hydrogen-bond donors (Lipinski definition) is 1. The first-order valence-electron chi connectivity index (χ1n) is 8.34. The summed E-state index contributed by atoms with van der Waals surface area (Å²) in [5.41, 5.74) is 1.38. The zero-order valence-corrected chi connectivity index (χ0v) is 14.0. The molecular formula is C18H31N3. The van der Waals surface area contributed by atoms with E-state index >= 15 is 0 Å². The maximum atomic E-state index is 4.08. The Morgan fingerprint density at radius 1 is 1.24 bits per heavy atom. The number of hydrogen-bond acceptors (Lipinski definition) is 3. The maximum absolute atomic E-state index is 4.08. The molecule has 1 aliphatic carbocycles. The van der Waals surface area contributed by atoms with E-state index in [1.807, 2.05) is 12.4 Å². The molecule has 0 aromatic carbocycles. The monoisotopic (exact) mass is 289 g/mol. The summed E-state index contributed by atoms with van der Waals surface area (Å²) < 4.78 is 0. The first kappa shape index (κ1) is 16.4. The second kappa shape index (κ2) is 7.90. The SMILES string of the molecule is CNC1CC(C)CC(C)C1CN(C)CCc1ccncc1. The summed E-state index contributed by atoms with van der Waals surface area (Å²) in [5.74, 6) is 2.44. The molecule has 3 heteroatoms. The lowest BCUT2D eigenvalue weighted by molar-refractivity contribution is 0.116. The summed E-state index contributed by atoms with van der Waals surface area (Å²) in [5, 5.41) is 3.56. The molecule has 0 aliphatic heterocycles. The third-order valence-electron chi connectivity index (χ3n) is 5.10. The summed E-state index contributed by atoms with van der Waals surface area (Å²) >= 11 is 0. The normalized spacial score (nSPS) is 29.8. The molecule has 1 aromatic heterocycles. The number of aromatic nitrogens is 1. The van der Waals surface area contributed by atoms with Crippen LogP contribution in [0.25, 0.3) is 0 Å². The third-order valence-corrected chi connectivity index (χ3v) is 5.10. The van der Waals surface area contributed by atoms with Crippen molar-refractivity contribution in [2.75, 3.05) is 27.2 Å². The first-order chi connectivity index (χ1) is 10.1. The quantitative estimate of drug-likeness (QED) is 0.873. The van der Waals surface area contributed by atoms with Crippen LogP contribution in [0.1, 0.15) is 32.3 Å². The van der Waals surface area contributed by atoms with Crippen molar-refractivity contribution in [2.45, 2.75) is 39.2 Å². The van der Waals surface area contributed by atoms with Gasteiger partial charge in [0.05, 0.1) is 0 Å². The summed E-state index contributed by atoms with van der Waals surface area (Å²) in [6.07, 6.45) is 7.58. The highest BCUT2D eigenvalue weighted by atomic mass is 15.1. The van der Waals surface area contributed by atoms with Gasteiger partial charge >= 0.3 is 0 Å².